The number of carbonyl (C=O) groups excluding carboxylic acids is 1. The molecule has 1 aliphatic heterocycles. The molecule has 1 saturated heterocycles. The van der Waals surface area contributed by atoms with E-state index in [4.69, 9.17) is 0 Å². The summed E-state index contributed by atoms with van der Waals surface area (Å²) in [5.74, 6) is 2.52. The van der Waals surface area contributed by atoms with Gasteiger partial charge in [-0.1, -0.05) is 26.7 Å². The van der Waals surface area contributed by atoms with Gasteiger partial charge in [-0.3, -0.25) is 4.79 Å². The van der Waals surface area contributed by atoms with Crippen LogP contribution in [0.5, 0.6) is 0 Å². The van der Waals surface area contributed by atoms with Crippen LogP contribution in [0.1, 0.15) is 49.9 Å². The van der Waals surface area contributed by atoms with Gasteiger partial charge in [0.25, 0.3) is 5.91 Å². The fraction of sp³-hybridized carbons (Fsp3) is 0.667. The average Bonchev–Trinajstić information content (AvgIpc) is 3.08. The van der Waals surface area contributed by atoms with Crippen molar-refractivity contribution >= 4 is 23.5 Å². The van der Waals surface area contributed by atoms with Gasteiger partial charge in [-0.05, 0) is 30.9 Å². The first-order valence-electron chi connectivity index (χ1n) is 8.77. The molecule has 1 amide bonds. The van der Waals surface area contributed by atoms with Gasteiger partial charge < -0.3 is 10.2 Å². The zero-order valence-electron chi connectivity index (χ0n) is 14.1. The van der Waals surface area contributed by atoms with E-state index in [0.717, 1.165) is 30.2 Å². The number of pyridine rings is 1. The second-order valence-electron chi connectivity index (χ2n) is 6.93. The number of amides is 1. The Bertz CT molecular complexity index is 543. The highest BCUT2D eigenvalue weighted by Gasteiger charge is 2.28. The maximum absolute atomic E-state index is 13.0. The molecule has 0 radical (unpaired) electrons. The highest BCUT2D eigenvalue weighted by molar-refractivity contribution is 8.00. The Balaban J connectivity index is 1.73. The summed E-state index contributed by atoms with van der Waals surface area (Å²) in [4.78, 5) is 19.5. The third-order valence-electron chi connectivity index (χ3n) is 4.86. The lowest BCUT2D eigenvalue weighted by Crippen LogP contribution is -2.43. The van der Waals surface area contributed by atoms with Crippen molar-refractivity contribution in [3.8, 4) is 0 Å². The first-order valence-corrected chi connectivity index (χ1v) is 9.82. The van der Waals surface area contributed by atoms with E-state index in [1.54, 1.807) is 6.20 Å². The third-order valence-corrected chi connectivity index (χ3v) is 6.40. The van der Waals surface area contributed by atoms with E-state index in [-0.39, 0.29) is 5.91 Å². The molecule has 2 aliphatic rings. The monoisotopic (exact) mass is 333 g/mol. The number of nitrogens with one attached hydrogen (secondary N) is 1. The second-order valence-corrected chi connectivity index (χ2v) is 8.28. The molecule has 1 aromatic rings. The Morgan fingerprint density at radius 1 is 1.39 bits per heavy atom. The van der Waals surface area contributed by atoms with Crippen molar-refractivity contribution in [3.63, 3.8) is 0 Å². The van der Waals surface area contributed by atoms with Crippen molar-refractivity contribution in [1.29, 1.82) is 0 Å². The Morgan fingerprint density at radius 2 is 2.17 bits per heavy atom. The van der Waals surface area contributed by atoms with E-state index in [0.29, 0.717) is 17.2 Å². The Labute approximate surface area is 143 Å². The van der Waals surface area contributed by atoms with Gasteiger partial charge in [-0.25, -0.2) is 4.98 Å². The Kier molecular flexibility index (Phi) is 5.46. The van der Waals surface area contributed by atoms with Crippen molar-refractivity contribution in [1.82, 2.24) is 9.88 Å². The van der Waals surface area contributed by atoms with Crippen LogP contribution in [-0.4, -0.2) is 45.9 Å². The number of nitrogens with zero attached hydrogens (tertiary/aromatic N) is 2. The van der Waals surface area contributed by atoms with E-state index in [1.165, 1.54) is 25.7 Å². The molecule has 126 valence electrons. The first kappa shape index (κ1) is 16.6. The van der Waals surface area contributed by atoms with Crippen LogP contribution < -0.4 is 5.32 Å². The lowest BCUT2D eigenvalue weighted by Gasteiger charge is -2.34. The Morgan fingerprint density at radius 3 is 2.91 bits per heavy atom. The maximum Gasteiger partial charge on any atom is 0.257 e. The zero-order chi connectivity index (χ0) is 16.2. The summed E-state index contributed by atoms with van der Waals surface area (Å²) in [6, 6.07) is 4.25. The fourth-order valence-electron chi connectivity index (χ4n) is 3.39. The van der Waals surface area contributed by atoms with Crippen LogP contribution in [0.2, 0.25) is 0 Å². The molecule has 1 atom stereocenters. The van der Waals surface area contributed by atoms with Crippen molar-refractivity contribution in [3.05, 3.63) is 23.9 Å². The van der Waals surface area contributed by atoms with Gasteiger partial charge in [0.1, 0.15) is 5.82 Å². The number of carbonyl (C=O) groups is 1. The van der Waals surface area contributed by atoms with E-state index >= 15 is 0 Å². The largest absolute Gasteiger partial charge is 0.367 e. The molecular weight excluding hydrogens is 306 g/mol. The van der Waals surface area contributed by atoms with E-state index in [2.05, 4.69) is 24.1 Å². The smallest absolute Gasteiger partial charge is 0.257 e. The summed E-state index contributed by atoms with van der Waals surface area (Å²) in [5, 5.41) is 4.04. The van der Waals surface area contributed by atoms with Crippen molar-refractivity contribution in [2.75, 3.05) is 24.2 Å². The highest BCUT2D eigenvalue weighted by Crippen LogP contribution is 2.28. The summed E-state index contributed by atoms with van der Waals surface area (Å²) >= 11 is 1.99. The molecule has 0 bridgehead atoms. The van der Waals surface area contributed by atoms with Crippen molar-refractivity contribution < 1.29 is 4.79 Å². The first-order chi connectivity index (χ1) is 11.1. The minimum Gasteiger partial charge on any atom is -0.367 e. The molecular formula is C18H27N3OS. The SMILES string of the molecule is CC(C)[C@H]1CN(C(=O)c2cccnc2NC2CCCC2)CCS1. The van der Waals surface area contributed by atoms with Crippen LogP contribution in [-0.2, 0) is 0 Å². The molecule has 4 nitrogen and oxygen atoms in total. The quantitative estimate of drug-likeness (QED) is 0.913. The van der Waals surface area contributed by atoms with Crippen LogP contribution in [0.15, 0.2) is 18.3 Å². The van der Waals surface area contributed by atoms with Crippen LogP contribution in [0.4, 0.5) is 5.82 Å². The van der Waals surface area contributed by atoms with Gasteiger partial charge >= 0.3 is 0 Å². The topological polar surface area (TPSA) is 45.2 Å². The number of rotatable bonds is 4. The Hall–Kier alpha value is -1.23. The second kappa shape index (κ2) is 7.56. The van der Waals surface area contributed by atoms with Crippen LogP contribution in [0.25, 0.3) is 0 Å². The highest BCUT2D eigenvalue weighted by atomic mass is 32.2. The third kappa shape index (κ3) is 4.00. The van der Waals surface area contributed by atoms with E-state index < -0.39 is 0 Å². The van der Waals surface area contributed by atoms with Crippen LogP contribution in [0, 0.1) is 5.92 Å². The molecule has 23 heavy (non-hydrogen) atoms. The molecule has 1 aromatic heterocycles. The average molecular weight is 334 g/mol. The van der Waals surface area contributed by atoms with Gasteiger partial charge in [-0.2, -0.15) is 11.8 Å². The standard InChI is InChI=1S/C18H27N3OS/c1-13(2)16-12-21(10-11-23-16)18(22)15-8-5-9-19-17(15)20-14-6-3-4-7-14/h5,8-9,13-14,16H,3-4,6-7,10-12H2,1-2H3,(H,19,20)/t16-/m1/s1. The molecule has 0 unspecified atom stereocenters. The van der Waals surface area contributed by atoms with Gasteiger partial charge in [-0.15, -0.1) is 0 Å². The normalized spacial score (nSPS) is 22.6. The summed E-state index contributed by atoms with van der Waals surface area (Å²) < 4.78 is 0. The maximum atomic E-state index is 13.0. The molecule has 0 aromatic carbocycles. The number of aromatic nitrogens is 1. The molecule has 1 aliphatic carbocycles. The number of thioether (sulfide) groups is 1. The lowest BCUT2D eigenvalue weighted by atomic mass is 10.1. The van der Waals surface area contributed by atoms with E-state index in [9.17, 15) is 4.79 Å². The summed E-state index contributed by atoms with van der Waals surface area (Å²) in [6.45, 7) is 6.16. The minimum absolute atomic E-state index is 0.129. The van der Waals surface area contributed by atoms with Gasteiger partial charge in [0, 0.05) is 36.3 Å². The molecule has 3 rings (SSSR count). The number of hydrogen-bond acceptors (Lipinski definition) is 4. The van der Waals surface area contributed by atoms with Crippen molar-refractivity contribution in [2.45, 2.75) is 50.8 Å². The minimum atomic E-state index is 0.129. The van der Waals surface area contributed by atoms with E-state index in [1.807, 2.05) is 28.8 Å². The zero-order valence-corrected chi connectivity index (χ0v) is 14.9. The van der Waals surface area contributed by atoms with Gasteiger partial charge in [0.2, 0.25) is 0 Å². The fourth-order valence-corrected chi connectivity index (χ4v) is 4.69. The number of anilines is 1. The molecule has 5 heteroatoms. The number of hydrogen-bond donors (Lipinski definition) is 1. The van der Waals surface area contributed by atoms with Crippen LogP contribution >= 0.6 is 11.8 Å². The van der Waals surface area contributed by atoms with Gasteiger partial charge in [0.15, 0.2) is 0 Å². The summed E-state index contributed by atoms with van der Waals surface area (Å²) in [6.07, 6.45) is 6.68. The molecule has 1 N–H and O–H groups in total. The van der Waals surface area contributed by atoms with Crippen molar-refractivity contribution in [2.24, 2.45) is 5.92 Å². The molecule has 0 spiro atoms. The molecule has 2 fully saturated rings. The predicted molar refractivity (Wildman–Crippen MR) is 97.1 cm³/mol. The lowest BCUT2D eigenvalue weighted by molar-refractivity contribution is 0.0756. The molecule has 1 saturated carbocycles. The van der Waals surface area contributed by atoms with Gasteiger partial charge in [0.05, 0.1) is 5.56 Å². The molecule has 2 heterocycles. The predicted octanol–water partition coefficient (Wildman–Crippen LogP) is 3.65. The summed E-state index contributed by atoms with van der Waals surface area (Å²) in [7, 11) is 0. The van der Waals surface area contributed by atoms with Crippen LogP contribution in [0.3, 0.4) is 0 Å². The summed E-state index contributed by atoms with van der Waals surface area (Å²) in [5.41, 5.74) is 0.730.